The number of hydrogen-bond donors (Lipinski definition) is 1. The summed E-state index contributed by atoms with van der Waals surface area (Å²) in [5, 5.41) is 13.6. The second-order valence-corrected chi connectivity index (χ2v) is 5.91. The Labute approximate surface area is 132 Å². The topological polar surface area (TPSA) is 47.7 Å². The van der Waals surface area contributed by atoms with Crippen molar-refractivity contribution in [3.05, 3.63) is 45.8 Å². The first kappa shape index (κ1) is 14.3. The van der Waals surface area contributed by atoms with E-state index in [1.165, 1.54) is 5.39 Å². The summed E-state index contributed by atoms with van der Waals surface area (Å²) in [5.41, 5.74) is 4.34. The summed E-state index contributed by atoms with van der Waals surface area (Å²) in [5.74, 6) is 0. The minimum atomic E-state index is 0.697. The number of aryl methyl sites for hydroxylation is 2. The van der Waals surface area contributed by atoms with Crippen LogP contribution in [-0.2, 0) is 20.1 Å². The highest BCUT2D eigenvalue weighted by Crippen LogP contribution is 2.24. The minimum absolute atomic E-state index is 0.697. The molecule has 0 aliphatic rings. The molecule has 6 heteroatoms. The van der Waals surface area contributed by atoms with E-state index in [1.54, 1.807) is 0 Å². The minimum Gasteiger partial charge on any atom is -0.314 e. The molecule has 0 unspecified atom stereocenters. The van der Waals surface area contributed by atoms with E-state index >= 15 is 0 Å². The van der Waals surface area contributed by atoms with Crippen molar-refractivity contribution in [1.82, 2.24) is 24.9 Å². The van der Waals surface area contributed by atoms with Crippen molar-refractivity contribution in [1.29, 1.82) is 0 Å². The van der Waals surface area contributed by atoms with Crippen molar-refractivity contribution in [3.8, 4) is 0 Å². The molecule has 5 nitrogen and oxygen atoms in total. The molecule has 2 aromatic heterocycles. The van der Waals surface area contributed by atoms with Gasteiger partial charge in [0, 0.05) is 19.0 Å². The quantitative estimate of drug-likeness (QED) is 0.789. The zero-order valence-corrected chi connectivity index (χ0v) is 14.0. The van der Waals surface area contributed by atoms with Gasteiger partial charge in [-0.3, -0.25) is 9.36 Å². The average molecular weight is 348 g/mol. The van der Waals surface area contributed by atoms with Crippen molar-refractivity contribution >= 4 is 26.8 Å². The fraction of sp³-hybridized carbons (Fsp3) is 0.333. The molecule has 3 aromatic rings. The van der Waals surface area contributed by atoms with E-state index in [2.05, 4.69) is 44.5 Å². The lowest BCUT2D eigenvalue weighted by Crippen LogP contribution is -2.09. The van der Waals surface area contributed by atoms with Crippen LogP contribution in [0.15, 0.2) is 28.7 Å². The van der Waals surface area contributed by atoms with Crippen LogP contribution in [0.25, 0.3) is 10.9 Å². The van der Waals surface area contributed by atoms with Crippen LogP contribution in [0.5, 0.6) is 0 Å². The fourth-order valence-electron chi connectivity index (χ4n) is 2.61. The van der Waals surface area contributed by atoms with Crippen LogP contribution in [0.4, 0.5) is 0 Å². The Kier molecular flexibility index (Phi) is 3.82. The van der Waals surface area contributed by atoms with Crippen LogP contribution < -0.4 is 5.32 Å². The SMILES string of the molecule is CNCc1nn(Cc2c(Br)c(C)nn2C)c2ccccc12. The molecule has 0 spiro atoms. The zero-order valence-electron chi connectivity index (χ0n) is 12.4. The maximum Gasteiger partial charge on any atom is 0.0847 e. The van der Waals surface area contributed by atoms with E-state index in [-0.39, 0.29) is 0 Å². The number of benzene rings is 1. The van der Waals surface area contributed by atoms with E-state index in [9.17, 15) is 0 Å². The van der Waals surface area contributed by atoms with E-state index in [0.29, 0.717) is 6.54 Å². The molecule has 0 aliphatic heterocycles. The van der Waals surface area contributed by atoms with Crippen LogP contribution >= 0.6 is 15.9 Å². The van der Waals surface area contributed by atoms with Crippen LogP contribution in [0.2, 0.25) is 0 Å². The summed E-state index contributed by atoms with van der Waals surface area (Å²) in [6.45, 7) is 3.46. The summed E-state index contributed by atoms with van der Waals surface area (Å²) in [6.07, 6.45) is 0. The van der Waals surface area contributed by atoms with Gasteiger partial charge in [0.1, 0.15) is 0 Å². The number of aromatic nitrogens is 4. The van der Waals surface area contributed by atoms with Gasteiger partial charge in [0.2, 0.25) is 0 Å². The monoisotopic (exact) mass is 347 g/mol. The predicted molar refractivity (Wildman–Crippen MR) is 87.2 cm³/mol. The number of halogens is 1. The lowest BCUT2D eigenvalue weighted by molar-refractivity contribution is 0.619. The molecule has 3 rings (SSSR count). The van der Waals surface area contributed by atoms with E-state index < -0.39 is 0 Å². The van der Waals surface area contributed by atoms with Crippen LogP contribution in [0.3, 0.4) is 0 Å². The zero-order chi connectivity index (χ0) is 15.0. The van der Waals surface area contributed by atoms with Gasteiger partial charge in [0.15, 0.2) is 0 Å². The van der Waals surface area contributed by atoms with Crippen LogP contribution in [0, 0.1) is 6.92 Å². The first-order valence-corrected chi connectivity index (χ1v) is 7.68. The first-order chi connectivity index (χ1) is 10.1. The summed E-state index contributed by atoms with van der Waals surface area (Å²) in [4.78, 5) is 0. The molecule has 2 heterocycles. The molecule has 1 N–H and O–H groups in total. The molecule has 0 fully saturated rings. The Bertz CT molecular complexity index is 787. The molecular weight excluding hydrogens is 330 g/mol. The Balaban J connectivity index is 2.08. The highest BCUT2D eigenvalue weighted by molar-refractivity contribution is 9.10. The molecule has 1 aromatic carbocycles. The van der Waals surface area contributed by atoms with Gasteiger partial charge in [0.05, 0.1) is 33.6 Å². The molecule has 0 atom stereocenters. The second kappa shape index (κ2) is 5.61. The average Bonchev–Trinajstić information content (AvgIpc) is 2.93. The van der Waals surface area contributed by atoms with Gasteiger partial charge in [0.25, 0.3) is 0 Å². The maximum atomic E-state index is 4.76. The van der Waals surface area contributed by atoms with Gasteiger partial charge in [-0.2, -0.15) is 10.2 Å². The molecule has 0 saturated heterocycles. The standard InChI is InChI=1S/C15H18BrN5/c1-10-15(16)14(20(3)18-10)9-21-13-7-5-4-6-11(13)12(19-21)8-17-2/h4-7,17H,8-9H2,1-3H3. The van der Waals surface area contributed by atoms with Gasteiger partial charge < -0.3 is 5.32 Å². The molecule has 0 amide bonds. The molecular formula is C15H18BrN5. The van der Waals surface area contributed by atoms with Crippen molar-refractivity contribution < 1.29 is 0 Å². The number of nitrogens with one attached hydrogen (secondary N) is 1. The van der Waals surface area contributed by atoms with Crippen LogP contribution in [0.1, 0.15) is 17.1 Å². The van der Waals surface area contributed by atoms with Gasteiger partial charge in [-0.25, -0.2) is 0 Å². The smallest absolute Gasteiger partial charge is 0.0847 e. The van der Waals surface area contributed by atoms with Crippen LogP contribution in [-0.4, -0.2) is 26.6 Å². The van der Waals surface area contributed by atoms with Crippen molar-refractivity contribution in [2.75, 3.05) is 7.05 Å². The highest BCUT2D eigenvalue weighted by Gasteiger charge is 2.15. The summed E-state index contributed by atoms with van der Waals surface area (Å²) in [6, 6.07) is 8.33. The number of rotatable bonds is 4. The normalized spacial score (nSPS) is 11.4. The van der Waals surface area contributed by atoms with Gasteiger partial charge in [-0.1, -0.05) is 18.2 Å². The third-order valence-corrected chi connectivity index (χ3v) is 4.67. The third-order valence-electron chi connectivity index (χ3n) is 3.64. The number of para-hydroxylation sites is 1. The van der Waals surface area contributed by atoms with E-state index in [0.717, 1.165) is 33.6 Å². The Morgan fingerprint density at radius 2 is 2.00 bits per heavy atom. The Hall–Kier alpha value is -1.66. The lowest BCUT2D eigenvalue weighted by atomic mass is 10.2. The van der Waals surface area contributed by atoms with Crippen molar-refractivity contribution in [3.63, 3.8) is 0 Å². The van der Waals surface area contributed by atoms with E-state index in [4.69, 9.17) is 5.10 Å². The molecule has 0 aliphatic carbocycles. The van der Waals surface area contributed by atoms with Gasteiger partial charge in [-0.05, 0) is 36.0 Å². The summed E-state index contributed by atoms with van der Waals surface area (Å²) < 4.78 is 5.01. The number of fused-ring (bicyclic) bond motifs is 1. The lowest BCUT2D eigenvalue weighted by Gasteiger charge is -2.05. The molecule has 21 heavy (non-hydrogen) atoms. The summed E-state index contributed by atoms with van der Waals surface area (Å²) in [7, 11) is 3.90. The van der Waals surface area contributed by atoms with Crippen molar-refractivity contribution in [2.24, 2.45) is 7.05 Å². The van der Waals surface area contributed by atoms with Crippen molar-refractivity contribution in [2.45, 2.75) is 20.0 Å². The molecule has 110 valence electrons. The third kappa shape index (κ3) is 2.49. The van der Waals surface area contributed by atoms with Gasteiger partial charge in [-0.15, -0.1) is 0 Å². The number of hydrogen-bond acceptors (Lipinski definition) is 3. The van der Waals surface area contributed by atoms with E-state index in [1.807, 2.05) is 36.4 Å². The highest BCUT2D eigenvalue weighted by atomic mass is 79.9. The maximum absolute atomic E-state index is 4.76. The summed E-state index contributed by atoms with van der Waals surface area (Å²) >= 11 is 3.62. The largest absolute Gasteiger partial charge is 0.314 e. The first-order valence-electron chi connectivity index (χ1n) is 6.88. The Morgan fingerprint density at radius 1 is 1.24 bits per heavy atom. The van der Waals surface area contributed by atoms with Gasteiger partial charge >= 0.3 is 0 Å². The molecule has 0 radical (unpaired) electrons. The number of nitrogens with zero attached hydrogens (tertiary/aromatic N) is 4. The Morgan fingerprint density at radius 3 is 2.67 bits per heavy atom. The molecule has 0 saturated carbocycles. The predicted octanol–water partition coefficient (Wildman–Crippen LogP) is 2.61. The second-order valence-electron chi connectivity index (χ2n) is 5.12. The fourth-order valence-corrected chi connectivity index (χ4v) is 3.07. The molecule has 0 bridgehead atoms.